The Morgan fingerprint density at radius 1 is 1.21 bits per heavy atom. The molecule has 0 bridgehead atoms. The Morgan fingerprint density at radius 2 is 2.04 bits per heavy atom. The highest BCUT2D eigenvalue weighted by Crippen LogP contribution is 2.33. The molecule has 0 spiro atoms. The van der Waals surface area contributed by atoms with Gasteiger partial charge in [0.15, 0.2) is 5.78 Å². The number of halogens is 1. The molecule has 3 nitrogen and oxygen atoms in total. The molecule has 0 amide bonds. The molecule has 0 unspecified atom stereocenters. The first kappa shape index (κ1) is 15.7. The van der Waals surface area contributed by atoms with Crippen molar-refractivity contribution < 1.29 is 4.79 Å². The van der Waals surface area contributed by atoms with Gasteiger partial charge in [-0.05, 0) is 43.1 Å². The molecule has 0 N–H and O–H groups in total. The minimum atomic E-state index is 0.196. The van der Waals surface area contributed by atoms with Gasteiger partial charge in [-0.2, -0.15) is 0 Å². The van der Waals surface area contributed by atoms with E-state index in [0.717, 1.165) is 41.5 Å². The SMILES string of the molecule is O=C(CN1CCC[C@H]1C1=Nc2ccc(Br)cc2C1)c1ccccc1. The third-order valence-electron chi connectivity index (χ3n) is 4.87. The Morgan fingerprint density at radius 3 is 2.88 bits per heavy atom. The summed E-state index contributed by atoms with van der Waals surface area (Å²) in [5.74, 6) is 0.196. The molecule has 122 valence electrons. The molecule has 0 radical (unpaired) electrons. The molecule has 2 aliphatic heterocycles. The maximum Gasteiger partial charge on any atom is 0.176 e. The average molecular weight is 383 g/mol. The molecule has 1 fully saturated rings. The number of likely N-dealkylation sites (tertiary alicyclic amines) is 1. The van der Waals surface area contributed by atoms with E-state index in [-0.39, 0.29) is 5.78 Å². The summed E-state index contributed by atoms with van der Waals surface area (Å²) >= 11 is 3.53. The highest BCUT2D eigenvalue weighted by Gasteiger charge is 2.32. The molecule has 2 aromatic carbocycles. The van der Waals surface area contributed by atoms with Crippen molar-refractivity contribution in [3.8, 4) is 0 Å². The summed E-state index contributed by atoms with van der Waals surface area (Å²) in [6.07, 6.45) is 3.12. The van der Waals surface area contributed by atoms with E-state index in [4.69, 9.17) is 4.99 Å². The zero-order valence-electron chi connectivity index (χ0n) is 13.4. The smallest absolute Gasteiger partial charge is 0.176 e. The number of hydrogen-bond donors (Lipinski definition) is 0. The Bertz CT molecular complexity index is 801. The van der Waals surface area contributed by atoms with E-state index >= 15 is 0 Å². The fourth-order valence-electron chi connectivity index (χ4n) is 3.68. The summed E-state index contributed by atoms with van der Waals surface area (Å²) in [5.41, 5.74) is 4.36. The van der Waals surface area contributed by atoms with Crippen LogP contribution in [0.3, 0.4) is 0 Å². The minimum absolute atomic E-state index is 0.196. The van der Waals surface area contributed by atoms with Crippen molar-refractivity contribution in [3.05, 3.63) is 64.1 Å². The van der Waals surface area contributed by atoms with Crippen LogP contribution in [0.5, 0.6) is 0 Å². The topological polar surface area (TPSA) is 32.7 Å². The quantitative estimate of drug-likeness (QED) is 0.732. The van der Waals surface area contributed by atoms with Gasteiger partial charge in [-0.1, -0.05) is 46.3 Å². The van der Waals surface area contributed by atoms with Gasteiger partial charge in [0, 0.05) is 28.2 Å². The zero-order chi connectivity index (χ0) is 16.5. The molecular weight excluding hydrogens is 364 g/mol. The summed E-state index contributed by atoms with van der Waals surface area (Å²) in [7, 11) is 0. The lowest BCUT2D eigenvalue weighted by atomic mass is 10.0. The average Bonchev–Trinajstić information content (AvgIpc) is 3.21. The van der Waals surface area contributed by atoms with Crippen LogP contribution >= 0.6 is 15.9 Å². The second-order valence-electron chi connectivity index (χ2n) is 6.47. The number of benzene rings is 2. The number of nitrogens with zero attached hydrogens (tertiary/aromatic N) is 2. The molecular formula is C20H19BrN2O. The number of carbonyl (C=O) groups excluding carboxylic acids is 1. The lowest BCUT2D eigenvalue weighted by Gasteiger charge is -2.23. The Hall–Kier alpha value is -1.78. The fourth-order valence-corrected chi connectivity index (χ4v) is 4.09. The summed E-state index contributed by atoms with van der Waals surface area (Å²) in [5, 5.41) is 0. The number of hydrogen-bond acceptors (Lipinski definition) is 3. The highest BCUT2D eigenvalue weighted by atomic mass is 79.9. The Kier molecular flexibility index (Phi) is 4.33. The van der Waals surface area contributed by atoms with E-state index in [1.54, 1.807) is 0 Å². The van der Waals surface area contributed by atoms with Crippen molar-refractivity contribution in [3.63, 3.8) is 0 Å². The first-order valence-electron chi connectivity index (χ1n) is 8.39. The number of Topliss-reactive ketones (excluding diaryl/α,β-unsaturated/α-hetero) is 1. The number of aliphatic imine (C=N–C) groups is 1. The van der Waals surface area contributed by atoms with Crippen molar-refractivity contribution >= 4 is 33.1 Å². The molecule has 0 aromatic heterocycles. The molecule has 2 aromatic rings. The van der Waals surface area contributed by atoms with Crippen LogP contribution in [0.1, 0.15) is 28.8 Å². The maximum absolute atomic E-state index is 12.5. The first-order valence-corrected chi connectivity index (χ1v) is 9.18. The summed E-state index contributed by atoms with van der Waals surface area (Å²) in [6.45, 7) is 1.45. The van der Waals surface area contributed by atoms with Gasteiger partial charge in [-0.15, -0.1) is 0 Å². The van der Waals surface area contributed by atoms with Crippen molar-refractivity contribution in [1.82, 2.24) is 4.90 Å². The van der Waals surface area contributed by atoms with Gasteiger partial charge in [0.25, 0.3) is 0 Å². The van der Waals surface area contributed by atoms with Crippen molar-refractivity contribution in [2.24, 2.45) is 4.99 Å². The minimum Gasteiger partial charge on any atom is -0.293 e. The third kappa shape index (κ3) is 3.08. The Labute approximate surface area is 150 Å². The molecule has 4 heteroatoms. The second kappa shape index (κ2) is 6.61. The van der Waals surface area contributed by atoms with E-state index in [1.165, 1.54) is 11.3 Å². The largest absolute Gasteiger partial charge is 0.293 e. The van der Waals surface area contributed by atoms with E-state index in [0.29, 0.717) is 12.6 Å². The van der Waals surface area contributed by atoms with Crippen LogP contribution in [0, 0.1) is 0 Å². The monoisotopic (exact) mass is 382 g/mol. The third-order valence-corrected chi connectivity index (χ3v) is 5.36. The van der Waals surface area contributed by atoms with E-state index in [1.807, 2.05) is 36.4 Å². The zero-order valence-corrected chi connectivity index (χ0v) is 15.0. The lowest BCUT2D eigenvalue weighted by Crippen LogP contribution is -2.39. The van der Waals surface area contributed by atoms with E-state index in [2.05, 4.69) is 33.0 Å². The van der Waals surface area contributed by atoms with Crippen molar-refractivity contribution in [1.29, 1.82) is 0 Å². The van der Waals surface area contributed by atoms with Crippen LogP contribution in [0.15, 0.2) is 58.0 Å². The van der Waals surface area contributed by atoms with Crippen molar-refractivity contribution in [2.75, 3.05) is 13.1 Å². The number of fused-ring (bicyclic) bond motifs is 1. The fraction of sp³-hybridized carbons (Fsp3) is 0.300. The number of ketones is 1. The van der Waals surface area contributed by atoms with Crippen molar-refractivity contribution in [2.45, 2.75) is 25.3 Å². The van der Waals surface area contributed by atoms with Crippen LogP contribution < -0.4 is 0 Å². The summed E-state index contributed by atoms with van der Waals surface area (Å²) in [6, 6.07) is 16.1. The van der Waals surface area contributed by atoms with Gasteiger partial charge in [0.05, 0.1) is 12.2 Å². The van der Waals surface area contributed by atoms with Gasteiger partial charge in [0.2, 0.25) is 0 Å². The Balaban J connectivity index is 1.49. The molecule has 2 heterocycles. The first-order chi connectivity index (χ1) is 11.7. The molecule has 4 rings (SSSR count). The maximum atomic E-state index is 12.5. The van der Waals surface area contributed by atoms with E-state index in [9.17, 15) is 4.79 Å². The van der Waals surface area contributed by atoms with Gasteiger partial charge < -0.3 is 0 Å². The van der Waals surface area contributed by atoms with Gasteiger partial charge in [-0.3, -0.25) is 14.7 Å². The van der Waals surface area contributed by atoms with Gasteiger partial charge in [-0.25, -0.2) is 0 Å². The van der Waals surface area contributed by atoms with Crippen LogP contribution in [0.2, 0.25) is 0 Å². The molecule has 1 saturated heterocycles. The molecule has 0 aliphatic carbocycles. The van der Waals surface area contributed by atoms with Gasteiger partial charge >= 0.3 is 0 Å². The normalized spacial score (nSPS) is 20.0. The predicted octanol–water partition coefficient (Wildman–Crippen LogP) is 4.43. The standard InChI is InChI=1S/C20H19BrN2O/c21-16-8-9-17-15(11-16)12-18(22-17)19-7-4-10-23(19)13-20(24)14-5-2-1-3-6-14/h1-3,5-6,8-9,11,19H,4,7,10,12-13H2/t19-/m0/s1. The molecule has 24 heavy (non-hydrogen) atoms. The molecule has 0 saturated carbocycles. The van der Waals surface area contributed by atoms with E-state index < -0.39 is 0 Å². The lowest BCUT2D eigenvalue weighted by molar-refractivity contribution is 0.0936. The molecule has 2 aliphatic rings. The van der Waals surface area contributed by atoms with Crippen LogP contribution in [-0.2, 0) is 6.42 Å². The summed E-state index contributed by atoms with van der Waals surface area (Å²) < 4.78 is 1.10. The predicted molar refractivity (Wildman–Crippen MR) is 100 cm³/mol. The second-order valence-corrected chi connectivity index (χ2v) is 7.39. The highest BCUT2D eigenvalue weighted by molar-refractivity contribution is 9.10. The van der Waals surface area contributed by atoms with Crippen LogP contribution in [0.25, 0.3) is 0 Å². The summed E-state index contributed by atoms with van der Waals surface area (Å²) in [4.78, 5) is 19.7. The van der Waals surface area contributed by atoms with Crippen LogP contribution in [-0.4, -0.2) is 35.5 Å². The van der Waals surface area contributed by atoms with Crippen LogP contribution in [0.4, 0.5) is 5.69 Å². The molecule has 1 atom stereocenters. The number of rotatable bonds is 4. The van der Waals surface area contributed by atoms with Gasteiger partial charge in [0.1, 0.15) is 0 Å². The number of carbonyl (C=O) groups is 1.